The van der Waals surface area contributed by atoms with Crippen molar-refractivity contribution in [1.82, 2.24) is 10.7 Å². The van der Waals surface area contributed by atoms with E-state index in [-0.39, 0.29) is 11.5 Å². The lowest BCUT2D eigenvalue weighted by Crippen LogP contribution is -2.48. The molecule has 33 heavy (non-hydrogen) atoms. The van der Waals surface area contributed by atoms with Crippen LogP contribution in [0.15, 0.2) is 41.5 Å². The van der Waals surface area contributed by atoms with Gasteiger partial charge in [-0.15, -0.1) is 0 Å². The van der Waals surface area contributed by atoms with E-state index in [4.69, 9.17) is 9.47 Å². The van der Waals surface area contributed by atoms with Gasteiger partial charge < -0.3 is 14.8 Å². The third-order valence-corrected chi connectivity index (χ3v) is 5.31. The SMILES string of the molecule is CCCOc1c(I)cc(/C=N/NC(=O)C(NC(=O)c2ccc(F)cc2)C(C)C)cc1OCC. The average Bonchev–Trinajstić information content (AvgIpc) is 2.77. The Morgan fingerprint density at radius 1 is 1.15 bits per heavy atom. The van der Waals surface area contributed by atoms with Crippen LogP contribution in [0.1, 0.15) is 50.0 Å². The summed E-state index contributed by atoms with van der Waals surface area (Å²) >= 11 is 2.17. The molecule has 0 spiro atoms. The van der Waals surface area contributed by atoms with Crippen LogP contribution in [0.3, 0.4) is 0 Å². The highest BCUT2D eigenvalue weighted by molar-refractivity contribution is 14.1. The second kappa shape index (κ2) is 13.1. The van der Waals surface area contributed by atoms with E-state index in [9.17, 15) is 14.0 Å². The molecule has 0 saturated carbocycles. The zero-order valence-corrected chi connectivity index (χ0v) is 21.3. The van der Waals surface area contributed by atoms with Crippen LogP contribution in [0.5, 0.6) is 11.5 Å². The number of rotatable bonds is 11. The van der Waals surface area contributed by atoms with Crippen molar-refractivity contribution in [3.63, 3.8) is 0 Å². The Kier molecular flexibility index (Phi) is 10.6. The van der Waals surface area contributed by atoms with Crippen LogP contribution < -0.4 is 20.2 Å². The lowest BCUT2D eigenvalue weighted by atomic mass is 10.0. The molecule has 0 fully saturated rings. The molecule has 2 aromatic carbocycles. The first-order valence-electron chi connectivity index (χ1n) is 10.7. The van der Waals surface area contributed by atoms with Gasteiger partial charge in [-0.1, -0.05) is 20.8 Å². The largest absolute Gasteiger partial charge is 0.490 e. The van der Waals surface area contributed by atoms with Gasteiger partial charge in [-0.2, -0.15) is 5.10 Å². The molecule has 0 bridgehead atoms. The molecule has 2 aromatic rings. The molecule has 0 heterocycles. The first-order chi connectivity index (χ1) is 15.8. The number of amides is 2. The van der Waals surface area contributed by atoms with Gasteiger partial charge >= 0.3 is 0 Å². The fourth-order valence-corrected chi connectivity index (χ4v) is 3.65. The molecule has 0 saturated heterocycles. The van der Waals surface area contributed by atoms with E-state index in [1.165, 1.54) is 30.5 Å². The van der Waals surface area contributed by atoms with Gasteiger partial charge in [-0.05, 0) is 83.8 Å². The zero-order valence-electron chi connectivity index (χ0n) is 19.2. The van der Waals surface area contributed by atoms with Crippen molar-refractivity contribution in [2.45, 2.75) is 40.2 Å². The van der Waals surface area contributed by atoms with Crippen LogP contribution in [0.2, 0.25) is 0 Å². The molecular weight excluding hydrogens is 540 g/mol. The highest BCUT2D eigenvalue weighted by Gasteiger charge is 2.24. The smallest absolute Gasteiger partial charge is 0.262 e. The maximum Gasteiger partial charge on any atom is 0.262 e. The van der Waals surface area contributed by atoms with Gasteiger partial charge in [-0.25, -0.2) is 9.82 Å². The van der Waals surface area contributed by atoms with Gasteiger partial charge in [0.05, 0.1) is 23.0 Å². The Morgan fingerprint density at radius 2 is 1.85 bits per heavy atom. The maximum absolute atomic E-state index is 13.1. The lowest BCUT2D eigenvalue weighted by molar-refractivity contribution is -0.123. The van der Waals surface area contributed by atoms with Gasteiger partial charge in [0.1, 0.15) is 11.9 Å². The summed E-state index contributed by atoms with van der Waals surface area (Å²) < 4.78 is 25.5. The summed E-state index contributed by atoms with van der Waals surface area (Å²) in [6, 6.07) is 7.97. The molecule has 0 aliphatic rings. The fraction of sp³-hybridized carbons (Fsp3) is 0.375. The Morgan fingerprint density at radius 3 is 2.45 bits per heavy atom. The number of hydrogen-bond donors (Lipinski definition) is 2. The Hall–Kier alpha value is -2.69. The summed E-state index contributed by atoms with van der Waals surface area (Å²) in [5, 5.41) is 6.72. The van der Waals surface area contributed by atoms with Crippen LogP contribution in [0.4, 0.5) is 4.39 Å². The number of nitrogens with one attached hydrogen (secondary N) is 2. The van der Waals surface area contributed by atoms with Crippen LogP contribution in [-0.4, -0.2) is 37.3 Å². The number of benzene rings is 2. The second-order valence-corrected chi connectivity index (χ2v) is 8.71. The second-order valence-electron chi connectivity index (χ2n) is 7.55. The fourth-order valence-electron chi connectivity index (χ4n) is 2.87. The first-order valence-corrected chi connectivity index (χ1v) is 11.8. The van der Waals surface area contributed by atoms with Crippen molar-refractivity contribution < 1.29 is 23.5 Å². The van der Waals surface area contributed by atoms with Gasteiger partial charge in [0.2, 0.25) is 0 Å². The monoisotopic (exact) mass is 569 g/mol. The Labute approximate surface area is 207 Å². The molecule has 2 rings (SSSR count). The van der Waals surface area contributed by atoms with Gasteiger partial charge in [0.25, 0.3) is 11.8 Å². The number of carbonyl (C=O) groups excluding carboxylic acids is 2. The molecular formula is C24H29FIN3O4. The third-order valence-electron chi connectivity index (χ3n) is 4.51. The van der Waals surface area contributed by atoms with Crippen LogP contribution in [0.25, 0.3) is 0 Å². The Bertz CT molecular complexity index is 980. The van der Waals surface area contributed by atoms with Crippen LogP contribution in [0, 0.1) is 15.3 Å². The Balaban J connectivity index is 2.09. The summed E-state index contributed by atoms with van der Waals surface area (Å²) in [4.78, 5) is 25.1. The van der Waals surface area contributed by atoms with Crippen molar-refractivity contribution in [3.05, 3.63) is 56.9 Å². The summed E-state index contributed by atoms with van der Waals surface area (Å²) in [6.45, 7) is 8.61. The number of ether oxygens (including phenoxy) is 2. The molecule has 1 atom stereocenters. The first kappa shape index (κ1) is 26.6. The molecule has 178 valence electrons. The quantitative estimate of drug-likeness (QED) is 0.237. The molecule has 0 radical (unpaired) electrons. The van der Waals surface area contributed by atoms with Crippen LogP contribution >= 0.6 is 22.6 Å². The van der Waals surface area contributed by atoms with E-state index in [0.717, 1.165) is 15.6 Å². The minimum absolute atomic E-state index is 0.190. The lowest BCUT2D eigenvalue weighted by Gasteiger charge is -2.20. The van der Waals surface area contributed by atoms with Crippen LogP contribution in [-0.2, 0) is 4.79 Å². The summed E-state index contributed by atoms with van der Waals surface area (Å²) in [5.74, 6) is -0.261. The number of hydrazone groups is 1. The zero-order chi connectivity index (χ0) is 24.4. The molecule has 2 amide bonds. The van der Waals surface area contributed by atoms with E-state index in [0.29, 0.717) is 24.7 Å². The van der Waals surface area contributed by atoms with Crippen molar-refractivity contribution in [2.75, 3.05) is 13.2 Å². The highest BCUT2D eigenvalue weighted by atomic mass is 127. The number of hydrogen-bond acceptors (Lipinski definition) is 5. The van der Waals surface area contributed by atoms with Gasteiger partial charge in [0, 0.05) is 5.56 Å². The molecule has 0 aromatic heterocycles. The summed E-state index contributed by atoms with van der Waals surface area (Å²) in [7, 11) is 0. The van der Waals surface area contributed by atoms with E-state index < -0.39 is 23.7 Å². The predicted molar refractivity (Wildman–Crippen MR) is 134 cm³/mol. The van der Waals surface area contributed by atoms with Crippen molar-refractivity contribution in [2.24, 2.45) is 11.0 Å². The van der Waals surface area contributed by atoms with Gasteiger partial charge in [-0.3, -0.25) is 9.59 Å². The third kappa shape index (κ3) is 7.99. The molecule has 0 aliphatic carbocycles. The summed E-state index contributed by atoms with van der Waals surface area (Å²) in [5.41, 5.74) is 3.47. The standard InChI is InChI=1S/C24H29FIN3O4/c1-5-11-33-22-19(26)12-16(13-20(22)32-6-2)14-27-29-24(31)21(15(3)4)28-23(30)17-7-9-18(25)10-8-17/h7-10,12-15,21H,5-6,11H2,1-4H3,(H,28,30)(H,29,31)/b27-14+. The van der Waals surface area contributed by atoms with E-state index >= 15 is 0 Å². The minimum atomic E-state index is -0.816. The van der Waals surface area contributed by atoms with E-state index in [2.05, 4.69) is 38.4 Å². The van der Waals surface area contributed by atoms with E-state index in [1.54, 1.807) is 6.07 Å². The van der Waals surface area contributed by atoms with Crippen molar-refractivity contribution >= 4 is 40.6 Å². The minimum Gasteiger partial charge on any atom is -0.490 e. The van der Waals surface area contributed by atoms with Crippen molar-refractivity contribution in [1.29, 1.82) is 0 Å². The average molecular weight is 569 g/mol. The number of nitrogens with zero attached hydrogens (tertiary/aromatic N) is 1. The topological polar surface area (TPSA) is 89.0 Å². The maximum atomic E-state index is 13.1. The number of carbonyl (C=O) groups is 2. The summed E-state index contributed by atoms with van der Waals surface area (Å²) in [6.07, 6.45) is 2.39. The molecule has 7 nitrogen and oxygen atoms in total. The predicted octanol–water partition coefficient (Wildman–Crippen LogP) is 4.52. The molecule has 2 N–H and O–H groups in total. The number of halogens is 2. The van der Waals surface area contributed by atoms with Crippen molar-refractivity contribution in [3.8, 4) is 11.5 Å². The molecule has 0 aliphatic heterocycles. The highest BCUT2D eigenvalue weighted by Crippen LogP contribution is 2.34. The molecule has 9 heteroatoms. The van der Waals surface area contributed by atoms with E-state index in [1.807, 2.05) is 33.8 Å². The van der Waals surface area contributed by atoms with Gasteiger partial charge in [0.15, 0.2) is 11.5 Å². The molecule has 1 unspecified atom stereocenters. The normalized spacial score (nSPS) is 12.0.